The number of aryl methyl sites for hydroxylation is 3. The van der Waals surface area contributed by atoms with Crippen LogP contribution in [0.25, 0.3) is 0 Å². The summed E-state index contributed by atoms with van der Waals surface area (Å²) in [5.41, 5.74) is 3.71. The highest BCUT2D eigenvalue weighted by molar-refractivity contribution is 9.10. The third kappa shape index (κ3) is 3.02. The Morgan fingerprint density at radius 3 is 2.56 bits per heavy atom. The van der Waals surface area contributed by atoms with Crippen molar-refractivity contribution in [1.29, 1.82) is 0 Å². The topological polar surface area (TPSA) is 20.2 Å². The number of benzene rings is 1. The predicted molar refractivity (Wildman–Crippen MR) is 81.3 cm³/mol. The number of rotatable bonds is 3. The largest absolute Gasteiger partial charge is 0.387 e. The fourth-order valence-electron chi connectivity index (χ4n) is 1.97. The second-order valence-corrected chi connectivity index (χ2v) is 6.84. The van der Waals surface area contributed by atoms with E-state index in [1.54, 1.807) is 11.3 Å². The molecule has 96 valence electrons. The first-order valence-corrected chi connectivity index (χ1v) is 7.58. The zero-order valence-electron chi connectivity index (χ0n) is 10.8. The number of thiophene rings is 1. The maximum Gasteiger partial charge on any atom is 0.0922 e. The maximum absolute atomic E-state index is 10.3. The molecule has 18 heavy (non-hydrogen) atoms. The number of hydrogen-bond acceptors (Lipinski definition) is 2. The molecule has 0 aliphatic rings. The van der Waals surface area contributed by atoms with Gasteiger partial charge in [-0.25, -0.2) is 0 Å². The van der Waals surface area contributed by atoms with Gasteiger partial charge in [0.05, 0.1) is 6.10 Å². The molecule has 0 fully saturated rings. The molecule has 0 spiro atoms. The van der Waals surface area contributed by atoms with Gasteiger partial charge in [0.2, 0.25) is 0 Å². The minimum atomic E-state index is -0.416. The Hall–Kier alpha value is -0.640. The van der Waals surface area contributed by atoms with E-state index in [-0.39, 0.29) is 0 Å². The third-order valence-electron chi connectivity index (χ3n) is 3.12. The van der Waals surface area contributed by atoms with Crippen LogP contribution < -0.4 is 0 Å². The van der Waals surface area contributed by atoms with Crippen molar-refractivity contribution in [2.75, 3.05) is 0 Å². The Bertz CT molecular complexity index is 540. The Kier molecular flexibility index (Phi) is 4.25. The van der Waals surface area contributed by atoms with Crippen LogP contribution >= 0.6 is 27.3 Å². The first kappa shape index (κ1) is 13.8. The molecule has 1 nitrogen and oxygen atoms in total. The monoisotopic (exact) mass is 324 g/mol. The van der Waals surface area contributed by atoms with Crippen LogP contribution in [0.3, 0.4) is 0 Å². The van der Waals surface area contributed by atoms with Crippen LogP contribution in [0.1, 0.15) is 32.5 Å². The maximum atomic E-state index is 10.3. The molecule has 3 heteroatoms. The molecule has 0 amide bonds. The lowest BCUT2D eigenvalue weighted by Gasteiger charge is -2.11. The van der Waals surface area contributed by atoms with E-state index in [0.717, 1.165) is 9.35 Å². The third-order valence-corrected chi connectivity index (χ3v) is 5.36. The van der Waals surface area contributed by atoms with Crippen LogP contribution in [0.2, 0.25) is 0 Å². The molecule has 1 N–H and O–H groups in total. The van der Waals surface area contributed by atoms with Gasteiger partial charge in [-0.2, -0.15) is 0 Å². The van der Waals surface area contributed by atoms with Crippen molar-refractivity contribution >= 4 is 27.3 Å². The molecule has 0 saturated carbocycles. The minimum absolute atomic E-state index is 0.416. The van der Waals surface area contributed by atoms with Crippen molar-refractivity contribution in [1.82, 2.24) is 0 Å². The van der Waals surface area contributed by atoms with Gasteiger partial charge in [0, 0.05) is 20.6 Å². The zero-order chi connectivity index (χ0) is 13.3. The van der Waals surface area contributed by atoms with Gasteiger partial charge < -0.3 is 5.11 Å². The van der Waals surface area contributed by atoms with Crippen molar-refractivity contribution in [2.24, 2.45) is 0 Å². The average molecular weight is 325 g/mol. The fourth-order valence-corrected chi connectivity index (χ4v) is 3.52. The Morgan fingerprint density at radius 1 is 1.22 bits per heavy atom. The molecule has 1 unspecified atom stereocenters. The van der Waals surface area contributed by atoms with Gasteiger partial charge in [-0.05, 0) is 53.9 Å². The van der Waals surface area contributed by atoms with Crippen LogP contribution in [0.15, 0.2) is 28.7 Å². The average Bonchev–Trinajstić information content (AvgIpc) is 2.64. The van der Waals surface area contributed by atoms with E-state index >= 15 is 0 Å². The molecule has 0 aliphatic carbocycles. The lowest BCUT2D eigenvalue weighted by Crippen LogP contribution is -2.01. The summed E-state index contributed by atoms with van der Waals surface area (Å²) < 4.78 is 1.09. The van der Waals surface area contributed by atoms with E-state index in [1.807, 2.05) is 6.07 Å². The van der Waals surface area contributed by atoms with Gasteiger partial charge in [0.1, 0.15) is 0 Å². The van der Waals surface area contributed by atoms with Crippen molar-refractivity contribution in [3.05, 3.63) is 55.2 Å². The lowest BCUT2D eigenvalue weighted by molar-refractivity contribution is 0.182. The standard InChI is InChI=1S/C15H17BrOS/c1-9-4-5-10(2)12(6-9)7-14(17)15-8-13(16)11(3)18-15/h4-6,8,14,17H,7H2,1-3H3. The summed E-state index contributed by atoms with van der Waals surface area (Å²) in [4.78, 5) is 2.24. The first-order chi connectivity index (χ1) is 8.47. The highest BCUT2D eigenvalue weighted by Gasteiger charge is 2.14. The van der Waals surface area contributed by atoms with Gasteiger partial charge in [0.25, 0.3) is 0 Å². The van der Waals surface area contributed by atoms with E-state index in [2.05, 4.69) is 54.9 Å². The van der Waals surface area contributed by atoms with Crippen molar-refractivity contribution in [3.63, 3.8) is 0 Å². The van der Waals surface area contributed by atoms with E-state index in [4.69, 9.17) is 0 Å². The summed E-state index contributed by atoms with van der Waals surface area (Å²) in [6.45, 7) is 6.24. The highest BCUT2D eigenvalue weighted by atomic mass is 79.9. The summed E-state index contributed by atoms with van der Waals surface area (Å²) in [6.07, 6.45) is 0.264. The molecule has 0 aliphatic heterocycles. The number of hydrogen-bond donors (Lipinski definition) is 1. The molecular formula is C15H17BrOS. The first-order valence-electron chi connectivity index (χ1n) is 5.97. The summed E-state index contributed by atoms with van der Waals surface area (Å²) in [5, 5.41) is 10.3. The summed E-state index contributed by atoms with van der Waals surface area (Å²) in [6, 6.07) is 8.41. The Morgan fingerprint density at radius 2 is 1.94 bits per heavy atom. The summed E-state index contributed by atoms with van der Waals surface area (Å²) in [5.74, 6) is 0. The summed E-state index contributed by atoms with van der Waals surface area (Å²) >= 11 is 5.15. The van der Waals surface area contributed by atoms with Crippen molar-refractivity contribution in [3.8, 4) is 0 Å². The molecule has 1 heterocycles. The van der Waals surface area contributed by atoms with E-state index < -0.39 is 6.10 Å². The Labute approximate surface area is 121 Å². The number of aliphatic hydroxyl groups excluding tert-OH is 1. The number of halogens is 1. The smallest absolute Gasteiger partial charge is 0.0922 e. The molecule has 1 aromatic carbocycles. The lowest BCUT2D eigenvalue weighted by atomic mass is 10.00. The van der Waals surface area contributed by atoms with Crippen LogP contribution in [-0.4, -0.2) is 5.11 Å². The van der Waals surface area contributed by atoms with Gasteiger partial charge in [-0.3, -0.25) is 0 Å². The van der Waals surface area contributed by atoms with Crippen LogP contribution in [0.5, 0.6) is 0 Å². The normalized spacial score (nSPS) is 12.7. The molecule has 2 rings (SSSR count). The zero-order valence-corrected chi connectivity index (χ0v) is 13.2. The predicted octanol–water partition coefficient (Wildman–Crippen LogP) is 4.71. The molecule has 1 aromatic heterocycles. The van der Waals surface area contributed by atoms with E-state index in [9.17, 15) is 5.11 Å². The van der Waals surface area contributed by atoms with Crippen LogP contribution in [0.4, 0.5) is 0 Å². The second kappa shape index (κ2) is 5.55. The van der Waals surface area contributed by atoms with Gasteiger partial charge in [-0.15, -0.1) is 11.3 Å². The van der Waals surface area contributed by atoms with Crippen molar-refractivity contribution < 1.29 is 5.11 Å². The molecule has 0 saturated heterocycles. The summed E-state index contributed by atoms with van der Waals surface area (Å²) in [7, 11) is 0. The highest BCUT2D eigenvalue weighted by Crippen LogP contribution is 2.32. The molecule has 0 radical (unpaired) electrons. The Balaban J connectivity index is 2.20. The fraction of sp³-hybridized carbons (Fsp3) is 0.333. The van der Waals surface area contributed by atoms with E-state index in [0.29, 0.717) is 6.42 Å². The second-order valence-electron chi connectivity index (χ2n) is 4.70. The van der Waals surface area contributed by atoms with Crippen LogP contribution in [-0.2, 0) is 6.42 Å². The van der Waals surface area contributed by atoms with Crippen LogP contribution in [0, 0.1) is 20.8 Å². The van der Waals surface area contributed by atoms with E-state index in [1.165, 1.54) is 21.6 Å². The van der Waals surface area contributed by atoms with Gasteiger partial charge in [0.15, 0.2) is 0 Å². The molecular weight excluding hydrogens is 308 g/mol. The van der Waals surface area contributed by atoms with Crippen molar-refractivity contribution in [2.45, 2.75) is 33.3 Å². The molecule has 2 aromatic rings. The minimum Gasteiger partial charge on any atom is -0.387 e. The quantitative estimate of drug-likeness (QED) is 0.866. The number of aliphatic hydroxyl groups is 1. The molecule has 1 atom stereocenters. The van der Waals surface area contributed by atoms with Gasteiger partial charge >= 0.3 is 0 Å². The van der Waals surface area contributed by atoms with Gasteiger partial charge in [-0.1, -0.05) is 23.8 Å². The SMILES string of the molecule is Cc1ccc(C)c(CC(O)c2cc(Br)c(C)s2)c1. The molecule has 0 bridgehead atoms.